The molecular weight excluding hydrogens is 382 g/mol. The van der Waals surface area contributed by atoms with Gasteiger partial charge >= 0.3 is 5.97 Å². The number of nitrogens with zero attached hydrogens (tertiary/aromatic N) is 1. The Kier molecular flexibility index (Phi) is 5.99. The number of amides is 1. The fraction of sp³-hybridized carbons (Fsp3) is 0.304. The molecule has 1 fully saturated rings. The van der Waals surface area contributed by atoms with Crippen molar-refractivity contribution in [3.8, 4) is 0 Å². The molecule has 30 heavy (non-hydrogen) atoms. The van der Waals surface area contributed by atoms with E-state index >= 15 is 0 Å². The Morgan fingerprint density at radius 1 is 1.13 bits per heavy atom. The van der Waals surface area contributed by atoms with Gasteiger partial charge in [-0.05, 0) is 42.8 Å². The van der Waals surface area contributed by atoms with E-state index in [4.69, 9.17) is 9.47 Å². The normalized spacial score (nSPS) is 15.0. The lowest BCUT2D eigenvalue weighted by molar-refractivity contribution is -0.152. The third kappa shape index (κ3) is 4.63. The number of nitrogens with one attached hydrogen (secondary N) is 2. The minimum Gasteiger partial charge on any atom is -0.452 e. The number of rotatable bonds is 6. The summed E-state index contributed by atoms with van der Waals surface area (Å²) in [6, 6.07) is 15.4. The van der Waals surface area contributed by atoms with Crippen molar-refractivity contribution in [2.24, 2.45) is 0 Å². The van der Waals surface area contributed by atoms with Crippen molar-refractivity contribution in [3.05, 3.63) is 60.3 Å². The smallest absolute Gasteiger partial charge is 0.311 e. The molecule has 0 bridgehead atoms. The molecule has 2 aromatic carbocycles. The maximum atomic E-state index is 12.4. The van der Waals surface area contributed by atoms with Gasteiger partial charge in [0.2, 0.25) is 0 Å². The maximum Gasteiger partial charge on any atom is 0.311 e. The zero-order valence-corrected chi connectivity index (χ0v) is 16.9. The number of esters is 1. The molecule has 0 spiro atoms. The van der Waals surface area contributed by atoms with Gasteiger partial charge in [-0.15, -0.1) is 0 Å². The predicted octanol–water partition coefficient (Wildman–Crippen LogP) is 3.12. The van der Waals surface area contributed by atoms with E-state index < -0.39 is 12.1 Å². The Morgan fingerprint density at radius 3 is 2.63 bits per heavy atom. The molecule has 1 atom stereocenters. The van der Waals surface area contributed by atoms with E-state index in [2.05, 4.69) is 15.2 Å². The number of hydrogen-bond donors (Lipinski definition) is 2. The zero-order chi connectivity index (χ0) is 20.9. The number of fused-ring (bicyclic) bond motifs is 1. The monoisotopic (exact) mass is 407 g/mol. The fourth-order valence-corrected chi connectivity index (χ4v) is 3.55. The van der Waals surface area contributed by atoms with E-state index in [1.54, 1.807) is 13.1 Å². The molecule has 1 saturated heterocycles. The second-order valence-corrected chi connectivity index (χ2v) is 7.30. The number of carbonyl (C=O) groups is 2. The lowest BCUT2D eigenvalue weighted by Gasteiger charge is -2.28. The van der Waals surface area contributed by atoms with E-state index in [1.807, 2.05) is 48.5 Å². The summed E-state index contributed by atoms with van der Waals surface area (Å²) in [7, 11) is 0. The van der Waals surface area contributed by atoms with Crippen LogP contribution in [0.4, 0.5) is 11.4 Å². The Morgan fingerprint density at radius 2 is 1.87 bits per heavy atom. The molecule has 0 saturated carbocycles. The molecule has 7 nitrogen and oxygen atoms in total. The zero-order valence-electron chi connectivity index (χ0n) is 16.9. The second-order valence-electron chi connectivity index (χ2n) is 7.30. The molecule has 156 valence electrons. The van der Waals surface area contributed by atoms with Crippen LogP contribution in [-0.4, -0.2) is 49.3 Å². The van der Waals surface area contributed by atoms with Crippen LogP contribution < -0.4 is 10.2 Å². The van der Waals surface area contributed by atoms with E-state index in [0.717, 1.165) is 48.5 Å². The standard InChI is InChI=1S/C23H25N3O4/c1-16(30-22(27)14-17-15-24-21-5-3-2-4-20(17)21)23(28)25-18-6-8-19(9-7-18)26-10-12-29-13-11-26/h2-9,15-16,24H,10-14H2,1H3,(H,25,28)/t16-/m0/s1. The molecular formula is C23H25N3O4. The van der Waals surface area contributed by atoms with Gasteiger partial charge < -0.3 is 24.7 Å². The van der Waals surface area contributed by atoms with Gasteiger partial charge in [0.1, 0.15) is 0 Å². The SMILES string of the molecule is C[C@H](OC(=O)Cc1c[nH]c2ccccc12)C(=O)Nc1ccc(N2CCOCC2)cc1. The van der Waals surface area contributed by atoms with Gasteiger partial charge in [-0.2, -0.15) is 0 Å². The van der Waals surface area contributed by atoms with Crippen molar-refractivity contribution in [3.63, 3.8) is 0 Å². The number of morpholine rings is 1. The van der Waals surface area contributed by atoms with Crippen LogP contribution in [0.3, 0.4) is 0 Å². The number of aromatic nitrogens is 1. The van der Waals surface area contributed by atoms with Gasteiger partial charge in [0.25, 0.3) is 5.91 Å². The van der Waals surface area contributed by atoms with Gasteiger partial charge in [0.05, 0.1) is 19.6 Å². The molecule has 2 heterocycles. The number of benzene rings is 2. The number of carbonyl (C=O) groups excluding carboxylic acids is 2. The number of aromatic amines is 1. The van der Waals surface area contributed by atoms with E-state index in [9.17, 15) is 9.59 Å². The van der Waals surface area contributed by atoms with Gasteiger partial charge in [0, 0.05) is 41.6 Å². The summed E-state index contributed by atoms with van der Waals surface area (Å²) >= 11 is 0. The van der Waals surface area contributed by atoms with E-state index in [1.165, 1.54) is 0 Å². The van der Waals surface area contributed by atoms with Crippen molar-refractivity contribution >= 4 is 34.2 Å². The molecule has 1 amide bonds. The van der Waals surface area contributed by atoms with Crippen molar-refractivity contribution in [2.75, 3.05) is 36.5 Å². The molecule has 1 aromatic heterocycles. The highest BCUT2D eigenvalue weighted by molar-refractivity contribution is 5.95. The average Bonchev–Trinajstić information content (AvgIpc) is 3.17. The van der Waals surface area contributed by atoms with Crippen LogP contribution in [0.25, 0.3) is 10.9 Å². The van der Waals surface area contributed by atoms with Crippen LogP contribution in [0.5, 0.6) is 0 Å². The molecule has 2 N–H and O–H groups in total. The molecule has 1 aliphatic heterocycles. The summed E-state index contributed by atoms with van der Waals surface area (Å²) in [5.41, 5.74) is 3.57. The molecule has 0 radical (unpaired) electrons. The highest BCUT2D eigenvalue weighted by Crippen LogP contribution is 2.20. The van der Waals surface area contributed by atoms with Crippen molar-refractivity contribution < 1.29 is 19.1 Å². The third-order valence-electron chi connectivity index (χ3n) is 5.20. The van der Waals surface area contributed by atoms with E-state index in [0.29, 0.717) is 5.69 Å². The summed E-state index contributed by atoms with van der Waals surface area (Å²) in [6.45, 7) is 4.73. The van der Waals surface area contributed by atoms with Crippen LogP contribution >= 0.6 is 0 Å². The third-order valence-corrected chi connectivity index (χ3v) is 5.20. The maximum absolute atomic E-state index is 12.4. The molecule has 3 aromatic rings. The highest BCUT2D eigenvalue weighted by Gasteiger charge is 2.19. The number of para-hydroxylation sites is 1. The first-order valence-electron chi connectivity index (χ1n) is 10.1. The molecule has 0 unspecified atom stereocenters. The molecule has 1 aliphatic rings. The summed E-state index contributed by atoms with van der Waals surface area (Å²) in [5.74, 6) is -0.800. The highest BCUT2D eigenvalue weighted by atomic mass is 16.5. The second kappa shape index (κ2) is 9.00. The van der Waals surface area contributed by atoms with Crippen LogP contribution in [0.1, 0.15) is 12.5 Å². The van der Waals surface area contributed by atoms with Gasteiger partial charge in [-0.1, -0.05) is 18.2 Å². The first kappa shape index (κ1) is 20.0. The van der Waals surface area contributed by atoms with Crippen molar-refractivity contribution in [1.82, 2.24) is 4.98 Å². The number of ether oxygens (including phenoxy) is 2. The Labute approximate surface area is 175 Å². The first-order chi connectivity index (χ1) is 14.6. The van der Waals surface area contributed by atoms with Gasteiger partial charge in [-0.25, -0.2) is 0 Å². The summed E-state index contributed by atoms with van der Waals surface area (Å²) < 4.78 is 10.7. The lowest BCUT2D eigenvalue weighted by atomic mass is 10.1. The Balaban J connectivity index is 1.30. The largest absolute Gasteiger partial charge is 0.452 e. The van der Waals surface area contributed by atoms with Crippen LogP contribution in [-0.2, 0) is 25.5 Å². The summed E-state index contributed by atoms with van der Waals surface area (Å²) in [4.78, 5) is 30.1. The molecule has 4 rings (SSSR count). The molecule has 0 aliphatic carbocycles. The van der Waals surface area contributed by atoms with Crippen molar-refractivity contribution in [2.45, 2.75) is 19.4 Å². The van der Waals surface area contributed by atoms with Crippen molar-refractivity contribution in [1.29, 1.82) is 0 Å². The minimum absolute atomic E-state index is 0.107. The lowest BCUT2D eigenvalue weighted by Crippen LogP contribution is -2.36. The topological polar surface area (TPSA) is 83.7 Å². The Bertz CT molecular complexity index is 1020. The minimum atomic E-state index is -0.887. The van der Waals surface area contributed by atoms with Crippen LogP contribution in [0, 0.1) is 0 Å². The van der Waals surface area contributed by atoms with Crippen LogP contribution in [0.2, 0.25) is 0 Å². The summed E-state index contributed by atoms with van der Waals surface area (Å²) in [5, 5.41) is 3.78. The average molecular weight is 407 g/mol. The van der Waals surface area contributed by atoms with Gasteiger partial charge in [-0.3, -0.25) is 9.59 Å². The quantitative estimate of drug-likeness (QED) is 0.614. The number of anilines is 2. The summed E-state index contributed by atoms with van der Waals surface area (Å²) in [6.07, 6.45) is 1.02. The number of H-pyrrole nitrogens is 1. The fourth-order valence-electron chi connectivity index (χ4n) is 3.55. The number of hydrogen-bond acceptors (Lipinski definition) is 5. The first-order valence-corrected chi connectivity index (χ1v) is 10.1. The molecule has 7 heteroatoms. The predicted molar refractivity (Wildman–Crippen MR) is 116 cm³/mol. The van der Waals surface area contributed by atoms with Gasteiger partial charge in [0.15, 0.2) is 6.10 Å². The Hall–Kier alpha value is -3.32. The van der Waals surface area contributed by atoms with Crippen LogP contribution in [0.15, 0.2) is 54.7 Å². The van der Waals surface area contributed by atoms with E-state index in [-0.39, 0.29) is 12.3 Å².